The van der Waals surface area contributed by atoms with Gasteiger partial charge >= 0.3 is 5.97 Å². The molecule has 1 aromatic heterocycles. The van der Waals surface area contributed by atoms with E-state index in [1.807, 2.05) is 0 Å². The van der Waals surface area contributed by atoms with Crippen LogP contribution in [0.4, 0.5) is 0 Å². The van der Waals surface area contributed by atoms with Crippen LogP contribution in [0.15, 0.2) is 17.5 Å². The van der Waals surface area contributed by atoms with Crippen molar-refractivity contribution in [2.24, 2.45) is 11.3 Å². The number of nitrogens with zero attached hydrogens (tertiary/aromatic N) is 1. The lowest BCUT2D eigenvalue weighted by Crippen LogP contribution is -2.49. The van der Waals surface area contributed by atoms with E-state index in [2.05, 4.69) is 43.2 Å². The van der Waals surface area contributed by atoms with E-state index in [4.69, 9.17) is 0 Å². The number of carboxylic acid groups (broad SMARTS) is 1. The van der Waals surface area contributed by atoms with E-state index in [-0.39, 0.29) is 0 Å². The largest absolute Gasteiger partial charge is 0.481 e. The molecule has 0 bridgehead atoms. The molecule has 0 aromatic carbocycles. The Hall–Kier alpha value is -0.870. The highest BCUT2D eigenvalue weighted by Crippen LogP contribution is 2.41. The molecule has 2 atom stereocenters. The number of aliphatic carboxylic acids is 1. The quantitative estimate of drug-likeness (QED) is 0.846. The molecule has 0 amide bonds. The molecule has 0 aliphatic carbocycles. The van der Waals surface area contributed by atoms with Gasteiger partial charge in [-0.1, -0.05) is 33.3 Å². The van der Waals surface area contributed by atoms with Crippen LogP contribution in [0.5, 0.6) is 0 Å². The second-order valence-corrected chi connectivity index (χ2v) is 7.59. The topological polar surface area (TPSA) is 40.5 Å². The second-order valence-electron chi connectivity index (χ2n) is 6.61. The zero-order chi connectivity index (χ0) is 15.5. The first-order valence-corrected chi connectivity index (χ1v) is 8.89. The lowest BCUT2D eigenvalue weighted by molar-refractivity contribution is -0.154. The van der Waals surface area contributed by atoms with Crippen molar-refractivity contribution in [2.45, 2.75) is 52.5 Å². The summed E-state index contributed by atoms with van der Waals surface area (Å²) in [6.45, 7) is 8.27. The maximum Gasteiger partial charge on any atom is 0.310 e. The number of hydrogen-bond donors (Lipinski definition) is 1. The molecule has 1 aliphatic heterocycles. The van der Waals surface area contributed by atoms with Gasteiger partial charge in [-0.2, -0.15) is 0 Å². The molecule has 2 rings (SSSR count). The molecule has 21 heavy (non-hydrogen) atoms. The third-order valence-corrected chi connectivity index (χ3v) is 5.59. The van der Waals surface area contributed by atoms with Crippen molar-refractivity contribution in [3.05, 3.63) is 22.4 Å². The van der Waals surface area contributed by atoms with Gasteiger partial charge in [0.1, 0.15) is 0 Å². The van der Waals surface area contributed by atoms with Crippen molar-refractivity contribution in [1.82, 2.24) is 4.90 Å². The lowest BCUT2D eigenvalue weighted by Gasteiger charge is -2.44. The first-order chi connectivity index (χ1) is 10.00. The van der Waals surface area contributed by atoms with Gasteiger partial charge in [-0.25, -0.2) is 0 Å². The average molecular weight is 309 g/mol. The standard InChI is InChI=1S/C17H27NO2S/c1-4-8-17(16(19)20)9-6-10-18(12-17)15(13(2)3)14-7-5-11-21-14/h5,7,11,13,15H,4,6,8-10,12H2,1-3H3,(H,19,20). The van der Waals surface area contributed by atoms with Crippen LogP contribution < -0.4 is 0 Å². The van der Waals surface area contributed by atoms with Crippen LogP contribution in [-0.2, 0) is 4.79 Å². The highest BCUT2D eigenvalue weighted by Gasteiger charge is 2.43. The summed E-state index contributed by atoms with van der Waals surface area (Å²) < 4.78 is 0. The smallest absolute Gasteiger partial charge is 0.310 e. The predicted octanol–water partition coefficient (Wildman–Crippen LogP) is 4.41. The summed E-state index contributed by atoms with van der Waals surface area (Å²) in [5.74, 6) is -0.113. The Balaban J connectivity index is 2.24. The minimum atomic E-state index is -0.609. The predicted molar refractivity (Wildman–Crippen MR) is 87.7 cm³/mol. The molecule has 1 aromatic rings. The van der Waals surface area contributed by atoms with Crippen LogP contribution in [0, 0.1) is 11.3 Å². The lowest BCUT2D eigenvalue weighted by atomic mass is 9.75. The highest BCUT2D eigenvalue weighted by molar-refractivity contribution is 7.10. The Morgan fingerprint density at radius 2 is 2.29 bits per heavy atom. The molecule has 1 saturated heterocycles. The molecular formula is C17H27NO2S. The SMILES string of the molecule is CCCC1(C(=O)O)CCCN(C(c2cccs2)C(C)C)C1. The van der Waals surface area contributed by atoms with Gasteiger partial charge in [0, 0.05) is 17.5 Å². The molecule has 118 valence electrons. The van der Waals surface area contributed by atoms with E-state index >= 15 is 0 Å². The molecule has 1 aliphatic rings. The van der Waals surface area contributed by atoms with Gasteiger partial charge in [0.05, 0.1) is 5.41 Å². The Morgan fingerprint density at radius 3 is 2.81 bits per heavy atom. The molecular weight excluding hydrogens is 282 g/mol. The van der Waals surface area contributed by atoms with Crippen molar-refractivity contribution in [1.29, 1.82) is 0 Å². The van der Waals surface area contributed by atoms with E-state index in [9.17, 15) is 9.90 Å². The van der Waals surface area contributed by atoms with Crippen molar-refractivity contribution in [3.63, 3.8) is 0 Å². The Kier molecular flexibility index (Phi) is 5.44. The molecule has 3 nitrogen and oxygen atoms in total. The summed E-state index contributed by atoms with van der Waals surface area (Å²) in [5.41, 5.74) is -0.544. The van der Waals surface area contributed by atoms with E-state index in [0.717, 1.165) is 32.2 Å². The number of carbonyl (C=O) groups is 1. The third kappa shape index (κ3) is 3.49. The van der Waals surface area contributed by atoms with E-state index in [1.165, 1.54) is 4.88 Å². The van der Waals surface area contributed by atoms with Crippen LogP contribution in [0.1, 0.15) is 57.4 Å². The molecule has 0 saturated carbocycles. The summed E-state index contributed by atoms with van der Waals surface area (Å²) in [6, 6.07) is 4.63. The van der Waals surface area contributed by atoms with Crippen LogP contribution in [0.2, 0.25) is 0 Å². The highest BCUT2D eigenvalue weighted by atomic mass is 32.1. The van der Waals surface area contributed by atoms with Gasteiger partial charge in [-0.15, -0.1) is 11.3 Å². The van der Waals surface area contributed by atoms with Gasteiger partial charge in [0.15, 0.2) is 0 Å². The molecule has 2 unspecified atom stereocenters. The number of rotatable bonds is 6. The maximum absolute atomic E-state index is 11.9. The van der Waals surface area contributed by atoms with Crippen molar-refractivity contribution >= 4 is 17.3 Å². The van der Waals surface area contributed by atoms with Gasteiger partial charge < -0.3 is 5.11 Å². The molecule has 0 spiro atoms. The zero-order valence-corrected chi connectivity index (χ0v) is 14.2. The van der Waals surface area contributed by atoms with Gasteiger partial charge in [-0.05, 0) is 43.2 Å². The fourth-order valence-electron chi connectivity index (χ4n) is 3.76. The monoisotopic (exact) mass is 309 g/mol. The van der Waals surface area contributed by atoms with E-state index in [1.54, 1.807) is 11.3 Å². The van der Waals surface area contributed by atoms with Crippen LogP contribution >= 0.6 is 11.3 Å². The number of likely N-dealkylation sites (tertiary alicyclic amines) is 1. The summed E-state index contributed by atoms with van der Waals surface area (Å²) >= 11 is 1.79. The minimum absolute atomic E-state index is 0.348. The summed E-state index contributed by atoms with van der Waals surface area (Å²) in [4.78, 5) is 15.7. The molecule has 2 heterocycles. The van der Waals surface area contributed by atoms with Crippen LogP contribution in [0.25, 0.3) is 0 Å². The Bertz CT molecular complexity index is 453. The second kappa shape index (κ2) is 6.93. The van der Waals surface area contributed by atoms with Crippen LogP contribution in [-0.4, -0.2) is 29.1 Å². The Labute approximate surface area is 132 Å². The maximum atomic E-state index is 11.9. The number of thiophene rings is 1. The molecule has 1 fully saturated rings. The van der Waals surface area contributed by atoms with Gasteiger partial charge in [0.25, 0.3) is 0 Å². The molecule has 0 radical (unpaired) electrons. The molecule has 4 heteroatoms. The van der Waals surface area contributed by atoms with Gasteiger partial charge in [-0.3, -0.25) is 9.69 Å². The zero-order valence-electron chi connectivity index (χ0n) is 13.3. The number of hydrogen-bond acceptors (Lipinski definition) is 3. The summed E-state index contributed by atoms with van der Waals surface area (Å²) in [7, 11) is 0. The fraction of sp³-hybridized carbons (Fsp3) is 0.706. The Morgan fingerprint density at radius 1 is 1.52 bits per heavy atom. The first kappa shape index (κ1) is 16.5. The van der Waals surface area contributed by atoms with E-state index < -0.39 is 11.4 Å². The van der Waals surface area contributed by atoms with Crippen molar-refractivity contribution < 1.29 is 9.90 Å². The number of piperidine rings is 1. The molecule has 1 N–H and O–H groups in total. The van der Waals surface area contributed by atoms with Gasteiger partial charge in [0.2, 0.25) is 0 Å². The number of carboxylic acids is 1. The minimum Gasteiger partial charge on any atom is -0.481 e. The summed E-state index contributed by atoms with van der Waals surface area (Å²) in [5, 5.41) is 11.9. The van der Waals surface area contributed by atoms with Crippen molar-refractivity contribution in [3.8, 4) is 0 Å². The normalized spacial score (nSPS) is 25.1. The van der Waals surface area contributed by atoms with Crippen LogP contribution in [0.3, 0.4) is 0 Å². The fourth-order valence-corrected chi connectivity index (χ4v) is 4.79. The third-order valence-electron chi connectivity index (χ3n) is 4.65. The average Bonchev–Trinajstić information content (AvgIpc) is 2.93. The summed E-state index contributed by atoms with van der Waals surface area (Å²) in [6.07, 6.45) is 3.53. The first-order valence-electron chi connectivity index (χ1n) is 8.01. The van der Waals surface area contributed by atoms with Crippen molar-refractivity contribution in [2.75, 3.05) is 13.1 Å². The van der Waals surface area contributed by atoms with E-state index in [0.29, 0.717) is 18.5 Å².